The van der Waals surface area contributed by atoms with Crippen molar-refractivity contribution in [1.29, 1.82) is 0 Å². The van der Waals surface area contributed by atoms with Crippen LogP contribution in [0, 0.1) is 13.8 Å². The van der Waals surface area contributed by atoms with E-state index in [1.807, 2.05) is 6.92 Å². The van der Waals surface area contributed by atoms with E-state index in [0.717, 1.165) is 5.69 Å². The van der Waals surface area contributed by atoms with Crippen LogP contribution in [-0.4, -0.2) is 34.9 Å². The summed E-state index contributed by atoms with van der Waals surface area (Å²) in [5.74, 6) is -0.739. The number of aromatic nitrogens is 2. The van der Waals surface area contributed by atoms with Crippen LogP contribution in [0.4, 0.5) is 0 Å². The Morgan fingerprint density at radius 1 is 1.00 bits per heavy atom. The van der Waals surface area contributed by atoms with Gasteiger partial charge in [-0.3, -0.25) is 0 Å². The van der Waals surface area contributed by atoms with Crippen molar-refractivity contribution in [2.24, 2.45) is 0 Å². The number of ether oxygens (including phenoxy) is 2. The molecule has 1 aromatic heterocycles. The first-order valence-electron chi connectivity index (χ1n) is 7.50. The topological polar surface area (TPSA) is 70.4 Å². The molecule has 0 aliphatic carbocycles. The van der Waals surface area contributed by atoms with Gasteiger partial charge in [0.05, 0.1) is 35.9 Å². The van der Waals surface area contributed by atoms with E-state index in [-0.39, 0.29) is 11.9 Å². The summed E-state index contributed by atoms with van der Waals surface area (Å²) in [6.07, 6.45) is 0. The Labute approximate surface area is 135 Å². The molecule has 0 aliphatic rings. The maximum atomic E-state index is 12.0. The van der Waals surface area contributed by atoms with Crippen LogP contribution in [-0.2, 0) is 9.47 Å². The van der Waals surface area contributed by atoms with Crippen molar-refractivity contribution in [2.75, 3.05) is 13.2 Å². The minimum atomic E-state index is -0.378. The molecule has 0 aliphatic heterocycles. The summed E-state index contributed by atoms with van der Waals surface area (Å²) in [5, 5.41) is 4.39. The molecule has 6 heteroatoms. The van der Waals surface area contributed by atoms with Gasteiger partial charge in [0.1, 0.15) is 5.56 Å². The molecule has 0 unspecified atom stereocenters. The summed E-state index contributed by atoms with van der Waals surface area (Å²) in [6.45, 7) is 7.76. The maximum Gasteiger partial charge on any atom is 0.341 e. The summed E-state index contributed by atoms with van der Waals surface area (Å²) in [6, 6.07) is 6.88. The zero-order chi connectivity index (χ0) is 17.0. The third-order valence-corrected chi connectivity index (χ3v) is 3.39. The first kappa shape index (κ1) is 16.7. The lowest BCUT2D eigenvalue weighted by Gasteiger charge is -2.07. The fourth-order valence-corrected chi connectivity index (χ4v) is 2.35. The van der Waals surface area contributed by atoms with Gasteiger partial charge in [-0.2, -0.15) is 5.10 Å². The Morgan fingerprint density at radius 2 is 1.57 bits per heavy atom. The fourth-order valence-electron chi connectivity index (χ4n) is 2.35. The number of hydrogen-bond donors (Lipinski definition) is 0. The van der Waals surface area contributed by atoms with Crippen LogP contribution in [0.25, 0.3) is 5.69 Å². The van der Waals surface area contributed by atoms with Crippen molar-refractivity contribution in [3.05, 3.63) is 46.8 Å². The van der Waals surface area contributed by atoms with Gasteiger partial charge in [0.15, 0.2) is 0 Å². The van der Waals surface area contributed by atoms with E-state index in [9.17, 15) is 9.59 Å². The van der Waals surface area contributed by atoms with Crippen molar-refractivity contribution in [1.82, 2.24) is 9.78 Å². The number of carbonyl (C=O) groups is 2. The van der Waals surface area contributed by atoms with Crippen LogP contribution < -0.4 is 0 Å². The zero-order valence-corrected chi connectivity index (χ0v) is 13.8. The second-order valence-electron chi connectivity index (χ2n) is 4.95. The first-order chi connectivity index (χ1) is 11.0. The molecule has 23 heavy (non-hydrogen) atoms. The highest BCUT2D eigenvalue weighted by molar-refractivity contribution is 5.92. The van der Waals surface area contributed by atoms with E-state index in [2.05, 4.69) is 5.10 Å². The molecule has 0 atom stereocenters. The highest BCUT2D eigenvalue weighted by Gasteiger charge is 2.20. The van der Waals surface area contributed by atoms with Crippen LogP contribution in [0.3, 0.4) is 0 Å². The maximum absolute atomic E-state index is 12.0. The van der Waals surface area contributed by atoms with E-state index in [1.54, 1.807) is 49.7 Å². The standard InChI is InChI=1S/C17H20N2O4/c1-5-22-16(20)13-7-9-14(10-8-13)19-12(4)15(11(3)18-19)17(21)23-6-2/h7-10H,5-6H2,1-4H3. The predicted octanol–water partition coefficient (Wildman–Crippen LogP) is 2.84. The van der Waals surface area contributed by atoms with Gasteiger partial charge in [0.2, 0.25) is 0 Å². The number of rotatable bonds is 5. The SMILES string of the molecule is CCOC(=O)c1ccc(-n2nc(C)c(C(=O)OCC)c2C)cc1. The molecule has 0 amide bonds. The van der Waals surface area contributed by atoms with Crippen molar-refractivity contribution >= 4 is 11.9 Å². The van der Waals surface area contributed by atoms with Gasteiger partial charge in [-0.1, -0.05) is 0 Å². The summed E-state index contributed by atoms with van der Waals surface area (Å²) >= 11 is 0. The number of benzene rings is 1. The summed E-state index contributed by atoms with van der Waals surface area (Å²) in [5.41, 5.74) is 3.01. The lowest BCUT2D eigenvalue weighted by Crippen LogP contribution is -2.08. The van der Waals surface area contributed by atoms with E-state index in [0.29, 0.717) is 35.7 Å². The third-order valence-electron chi connectivity index (χ3n) is 3.39. The minimum Gasteiger partial charge on any atom is -0.462 e. The molecule has 0 fully saturated rings. The molecular formula is C17H20N2O4. The lowest BCUT2D eigenvalue weighted by molar-refractivity contribution is 0.0516. The van der Waals surface area contributed by atoms with E-state index >= 15 is 0 Å². The largest absolute Gasteiger partial charge is 0.462 e. The van der Waals surface area contributed by atoms with Crippen LogP contribution in [0.1, 0.15) is 46.0 Å². The number of nitrogens with zero attached hydrogens (tertiary/aromatic N) is 2. The van der Waals surface area contributed by atoms with Gasteiger partial charge in [-0.25, -0.2) is 14.3 Å². The molecule has 122 valence electrons. The number of esters is 2. The van der Waals surface area contributed by atoms with Crippen molar-refractivity contribution in [3.8, 4) is 5.69 Å². The van der Waals surface area contributed by atoms with Crippen molar-refractivity contribution in [3.63, 3.8) is 0 Å². The van der Waals surface area contributed by atoms with Crippen LogP contribution >= 0.6 is 0 Å². The second kappa shape index (κ2) is 7.09. The number of aryl methyl sites for hydroxylation is 1. The Morgan fingerprint density at radius 3 is 2.13 bits per heavy atom. The summed E-state index contributed by atoms with van der Waals surface area (Å²) in [7, 11) is 0. The lowest BCUT2D eigenvalue weighted by atomic mass is 10.2. The van der Waals surface area contributed by atoms with Gasteiger partial charge in [-0.15, -0.1) is 0 Å². The van der Waals surface area contributed by atoms with Crippen LogP contribution in [0.15, 0.2) is 24.3 Å². The molecule has 2 rings (SSSR count). The first-order valence-corrected chi connectivity index (χ1v) is 7.50. The number of hydrogen-bond acceptors (Lipinski definition) is 5. The van der Waals surface area contributed by atoms with E-state index < -0.39 is 0 Å². The zero-order valence-electron chi connectivity index (χ0n) is 13.8. The molecule has 0 N–H and O–H groups in total. The predicted molar refractivity (Wildman–Crippen MR) is 85.0 cm³/mol. The molecule has 0 bridgehead atoms. The molecule has 1 aromatic carbocycles. The van der Waals surface area contributed by atoms with Gasteiger partial charge in [0.25, 0.3) is 0 Å². The Balaban J connectivity index is 2.34. The fraction of sp³-hybridized carbons (Fsp3) is 0.353. The summed E-state index contributed by atoms with van der Waals surface area (Å²) < 4.78 is 11.7. The Bertz CT molecular complexity index is 717. The smallest absolute Gasteiger partial charge is 0.341 e. The van der Waals surface area contributed by atoms with Crippen LogP contribution in [0.5, 0.6) is 0 Å². The second-order valence-corrected chi connectivity index (χ2v) is 4.95. The Kier molecular flexibility index (Phi) is 5.16. The van der Waals surface area contributed by atoms with Crippen LogP contribution in [0.2, 0.25) is 0 Å². The molecule has 0 saturated heterocycles. The quantitative estimate of drug-likeness (QED) is 0.793. The highest BCUT2D eigenvalue weighted by atomic mass is 16.5. The highest BCUT2D eigenvalue weighted by Crippen LogP contribution is 2.19. The molecular weight excluding hydrogens is 296 g/mol. The summed E-state index contributed by atoms with van der Waals surface area (Å²) in [4.78, 5) is 23.7. The van der Waals surface area contributed by atoms with Crippen molar-refractivity contribution < 1.29 is 19.1 Å². The molecule has 2 aromatic rings. The molecule has 6 nitrogen and oxygen atoms in total. The molecule has 0 spiro atoms. The average Bonchev–Trinajstić information content (AvgIpc) is 2.83. The van der Waals surface area contributed by atoms with Gasteiger partial charge in [0, 0.05) is 0 Å². The number of carbonyl (C=O) groups excluding carboxylic acids is 2. The van der Waals surface area contributed by atoms with Crippen molar-refractivity contribution in [2.45, 2.75) is 27.7 Å². The van der Waals surface area contributed by atoms with Gasteiger partial charge >= 0.3 is 11.9 Å². The Hall–Kier alpha value is -2.63. The third kappa shape index (κ3) is 3.41. The normalized spacial score (nSPS) is 10.4. The molecule has 0 radical (unpaired) electrons. The van der Waals surface area contributed by atoms with Gasteiger partial charge < -0.3 is 9.47 Å². The van der Waals surface area contributed by atoms with Gasteiger partial charge in [-0.05, 0) is 52.0 Å². The monoisotopic (exact) mass is 316 g/mol. The molecule has 1 heterocycles. The van der Waals surface area contributed by atoms with E-state index in [1.165, 1.54) is 0 Å². The van der Waals surface area contributed by atoms with E-state index in [4.69, 9.17) is 9.47 Å². The average molecular weight is 316 g/mol. The minimum absolute atomic E-state index is 0.317. The molecule has 0 saturated carbocycles.